The monoisotopic (exact) mass is 175 g/mol. The summed E-state index contributed by atoms with van der Waals surface area (Å²) in [6.07, 6.45) is 3.99. The van der Waals surface area contributed by atoms with Crippen LogP contribution in [-0.4, -0.2) is 9.38 Å². The molecule has 2 aromatic rings. The lowest BCUT2D eigenvalue weighted by Crippen LogP contribution is -1.90. The van der Waals surface area contributed by atoms with Crippen LogP contribution in [0.2, 0.25) is 0 Å². The number of nitrogens with zero attached hydrogens (tertiary/aromatic N) is 2. The molecule has 0 saturated heterocycles. The van der Waals surface area contributed by atoms with Gasteiger partial charge in [0.25, 0.3) is 0 Å². The second kappa shape index (κ2) is 2.76. The molecule has 0 unspecified atom stereocenters. The number of fused-ring (bicyclic) bond motifs is 1. The number of anilines is 1. The van der Waals surface area contributed by atoms with Gasteiger partial charge in [-0.3, -0.25) is 0 Å². The molecule has 0 aliphatic carbocycles. The number of hydrogen-bond acceptors (Lipinski definition) is 2. The first-order valence-electron chi connectivity index (χ1n) is 4.41. The second-order valence-corrected chi connectivity index (χ2v) is 3.51. The van der Waals surface area contributed by atoms with Crippen LogP contribution >= 0.6 is 0 Å². The molecule has 3 heteroatoms. The van der Waals surface area contributed by atoms with Crippen molar-refractivity contribution in [3.63, 3.8) is 0 Å². The summed E-state index contributed by atoms with van der Waals surface area (Å²) in [7, 11) is 0. The third kappa shape index (κ3) is 1.26. The minimum Gasteiger partial charge on any atom is -0.396 e. The highest BCUT2D eigenvalue weighted by molar-refractivity contribution is 5.64. The van der Waals surface area contributed by atoms with Gasteiger partial charge in [0.2, 0.25) is 0 Å². The topological polar surface area (TPSA) is 43.3 Å². The summed E-state index contributed by atoms with van der Waals surface area (Å²) >= 11 is 0. The van der Waals surface area contributed by atoms with Crippen molar-refractivity contribution in [1.82, 2.24) is 9.38 Å². The van der Waals surface area contributed by atoms with E-state index in [0.717, 1.165) is 17.0 Å². The zero-order valence-corrected chi connectivity index (χ0v) is 7.86. The highest BCUT2D eigenvalue weighted by Crippen LogP contribution is 2.17. The largest absolute Gasteiger partial charge is 0.396 e. The smallest absolute Gasteiger partial charge is 0.160 e. The van der Waals surface area contributed by atoms with E-state index in [0.29, 0.717) is 5.92 Å². The van der Waals surface area contributed by atoms with Gasteiger partial charge in [0.1, 0.15) is 0 Å². The van der Waals surface area contributed by atoms with Gasteiger partial charge in [0, 0.05) is 12.4 Å². The van der Waals surface area contributed by atoms with E-state index in [1.165, 1.54) is 0 Å². The summed E-state index contributed by atoms with van der Waals surface area (Å²) in [6.45, 7) is 4.25. The van der Waals surface area contributed by atoms with E-state index < -0.39 is 0 Å². The summed E-state index contributed by atoms with van der Waals surface area (Å²) in [6, 6.07) is 3.79. The molecular formula is C10H13N3. The molecule has 2 aromatic heterocycles. The lowest BCUT2D eigenvalue weighted by molar-refractivity contribution is 0.834. The van der Waals surface area contributed by atoms with Crippen molar-refractivity contribution < 1.29 is 0 Å². The van der Waals surface area contributed by atoms with Crippen LogP contribution < -0.4 is 5.73 Å². The number of nitrogen functional groups attached to an aromatic ring is 1. The molecule has 0 aliphatic heterocycles. The fourth-order valence-corrected chi connectivity index (χ4v) is 1.33. The molecule has 0 aliphatic rings. The molecule has 0 atom stereocenters. The Kier molecular flexibility index (Phi) is 1.72. The molecule has 0 saturated carbocycles. The number of nitrogens with two attached hydrogens (primary N) is 1. The van der Waals surface area contributed by atoms with Gasteiger partial charge >= 0.3 is 0 Å². The van der Waals surface area contributed by atoms with E-state index >= 15 is 0 Å². The third-order valence-electron chi connectivity index (χ3n) is 2.12. The van der Waals surface area contributed by atoms with E-state index in [1.807, 2.05) is 28.9 Å². The molecule has 13 heavy (non-hydrogen) atoms. The van der Waals surface area contributed by atoms with Crippen LogP contribution in [0.4, 0.5) is 5.69 Å². The standard InChI is InChI=1S/C10H13N3/c1-7(2)9-6-13-5-3-4-8(11)10(13)12-9/h3-7H,11H2,1-2H3. The molecule has 0 fully saturated rings. The van der Waals surface area contributed by atoms with Crippen LogP contribution in [0.15, 0.2) is 24.5 Å². The maximum Gasteiger partial charge on any atom is 0.160 e. The number of hydrogen-bond donors (Lipinski definition) is 1. The molecule has 0 amide bonds. The van der Waals surface area contributed by atoms with Crippen LogP contribution in [0.5, 0.6) is 0 Å². The maximum atomic E-state index is 5.79. The molecular weight excluding hydrogens is 162 g/mol. The Labute approximate surface area is 77.2 Å². The van der Waals surface area contributed by atoms with Crippen molar-refractivity contribution in [2.45, 2.75) is 19.8 Å². The van der Waals surface area contributed by atoms with Crippen LogP contribution in [0.25, 0.3) is 5.65 Å². The van der Waals surface area contributed by atoms with Gasteiger partial charge in [0.15, 0.2) is 5.65 Å². The van der Waals surface area contributed by atoms with Crippen molar-refractivity contribution in [1.29, 1.82) is 0 Å². The van der Waals surface area contributed by atoms with Crippen LogP contribution in [-0.2, 0) is 0 Å². The number of pyridine rings is 1. The van der Waals surface area contributed by atoms with Gasteiger partial charge in [-0.15, -0.1) is 0 Å². The Morgan fingerprint density at radius 3 is 2.85 bits per heavy atom. The fourth-order valence-electron chi connectivity index (χ4n) is 1.33. The lowest BCUT2D eigenvalue weighted by Gasteiger charge is -1.95. The van der Waals surface area contributed by atoms with Crippen molar-refractivity contribution in [3.8, 4) is 0 Å². The number of imidazole rings is 1. The first-order valence-corrected chi connectivity index (χ1v) is 4.41. The first-order chi connectivity index (χ1) is 6.18. The van der Waals surface area contributed by atoms with E-state index in [4.69, 9.17) is 5.73 Å². The van der Waals surface area contributed by atoms with Crippen LogP contribution in [0, 0.1) is 0 Å². The third-order valence-corrected chi connectivity index (χ3v) is 2.12. The molecule has 0 aromatic carbocycles. The molecule has 2 heterocycles. The van der Waals surface area contributed by atoms with Crippen LogP contribution in [0.1, 0.15) is 25.5 Å². The molecule has 0 radical (unpaired) electrons. The Bertz CT molecular complexity index is 429. The van der Waals surface area contributed by atoms with Crippen molar-refractivity contribution >= 4 is 11.3 Å². The summed E-state index contributed by atoms with van der Waals surface area (Å²) in [5.74, 6) is 0.444. The first kappa shape index (κ1) is 8.10. The Morgan fingerprint density at radius 2 is 2.23 bits per heavy atom. The second-order valence-electron chi connectivity index (χ2n) is 3.51. The predicted molar refractivity (Wildman–Crippen MR) is 53.7 cm³/mol. The minimum atomic E-state index is 0.444. The Hall–Kier alpha value is -1.51. The zero-order chi connectivity index (χ0) is 9.42. The molecule has 2 N–H and O–H groups in total. The predicted octanol–water partition coefficient (Wildman–Crippen LogP) is 2.04. The summed E-state index contributed by atoms with van der Waals surface area (Å²) in [4.78, 5) is 4.45. The SMILES string of the molecule is CC(C)c1cn2cccc(N)c2n1. The summed E-state index contributed by atoms with van der Waals surface area (Å²) in [5.41, 5.74) is 8.45. The fraction of sp³-hybridized carbons (Fsp3) is 0.300. The number of aromatic nitrogens is 2. The molecule has 3 nitrogen and oxygen atoms in total. The van der Waals surface area contributed by atoms with Gasteiger partial charge in [-0.2, -0.15) is 0 Å². The zero-order valence-electron chi connectivity index (χ0n) is 7.86. The minimum absolute atomic E-state index is 0.444. The Morgan fingerprint density at radius 1 is 1.46 bits per heavy atom. The highest BCUT2D eigenvalue weighted by atomic mass is 15.0. The Balaban J connectivity index is 2.68. The number of rotatable bonds is 1. The van der Waals surface area contributed by atoms with Crippen LogP contribution in [0.3, 0.4) is 0 Å². The summed E-state index contributed by atoms with van der Waals surface area (Å²) in [5, 5.41) is 0. The highest BCUT2D eigenvalue weighted by Gasteiger charge is 2.06. The maximum absolute atomic E-state index is 5.79. The lowest BCUT2D eigenvalue weighted by atomic mass is 10.2. The van der Waals surface area contributed by atoms with Crippen molar-refractivity contribution in [2.75, 3.05) is 5.73 Å². The molecule has 0 bridgehead atoms. The average Bonchev–Trinajstić information content (AvgIpc) is 2.49. The molecule has 0 spiro atoms. The van der Waals surface area contributed by atoms with Gasteiger partial charge in [-0.1, -0.05) is 13.8 Å². The normalized spacial score (nSPS) is 11.3. The van der Waals surface area contributed by atoms with E-state index in [-0.39, 0.29) is 0 Å². The van der Waals surface area contributed by atoms with Crippen molar-refractivity contribution in [2.24, 2.45) is 0 Å². The average molecular weight is 175 g/mol. The van der Waals surface area contributed by atoms with E-state index in [9.17, 15) is 0 Å². The van der Waals surface area contributed by atoms with Gasteiger partial charge in [0.05, 0.1) is 11.4 Å². The van der Waals surface area contributed by atoms with Gasteiger partial charge < -0.3 is 10.1 Å². The molecule has 2 rings (SSSR count). The van der Waals surface area contributed by atoms with Gasteiger partial charge in [-0.05, 0) is 18.1 Å². The molecule has 68 valence electrons. The summed E-state index contributed by atoms with van der Waals surface area (Å²) < 4.78 is 1.96. The van der Waals surface area contributed by atoms with Gasteiger partial charge in [-0.25, -0.2) is 4.98 Å². The van der Waals surface area contributed by atoms with Crippen molar-refractivity contribution in [3.05, 3.63) is 30.2 Å². The quantitative estimate of drug-likeness (QED) is 0.720. The van der Waals surface area contributed by atoms with E-state index in [1.54, 1.807) is 0 Å². The van der Waals surface area contributed by atoms with E-state index in [2.05, 4.69) is 18.8 Å².